The van der Waals surface area contributed by atoms with Crippen LogP contribution in [-0.2, 0) is 19.4 Å². The van der Waals surface area contributed by atoms with Crippen LogP contribution in [0.25, 0.3) is 0 Å². The Kier molecular flexibility index (Phi) is 5.30. The highest BCUT2D eigenvalue weighted by atomic mass is 16.5. The molecule has 3 nitrogen and oxygen atoms in total. The van der Waals surface area contributed by atoms with Crippen molar-refractivity contribution < 1.29 is 4.74 Å². The van der Waals surface area contributed by atoms with Crippen molar-refractivity contribution in [2.24, 2.45) is 0 Å². The van der Waals surface area contributed by atoms with Crippen LogP contribution in [0.5, 0.6) is 5.75 Å². The molecule has 0 aliphatic carbocycles. The van der Waals surface area contributed by atoms with Crippen LogP contribution in [0.1, 0.15) is 28.3 Å². The third-order valence-electron chi connectivity index (χ3n) is 4.47. The quantitative estimate of drug-likeness (QED) is 0.497. The van der Waals surface area contributed by atoms with Gasteiger partial charge < -0.3 is 9.72 Å². The fourth-order valence-corrected chi connectivity index (χ4v) is 3.12. The number of para-hydroxylation sites is 1. The lowest BCUT2D eigenvalue weighted by Crippen LogP contribution is -1.97. The maximum absolute atomic E-state index is 5.87. The molecule has 0 radical (unpaired) electrons. The first kappa shape index (κ1) is 17.1. The van der Waals surface area contributed by atoms with Crippen molar-refractivity contribution in [2.75, 3.05) is 0 Å². The van der Waals surface area contributed by atoms with Gasteiger partial charge in [-0.15, -0.1) is 0 Å². The molecule has 3 aromatic carbocycles. The fourth-order valence-electron chi connectivity index (χ4n) is 3.12. The first-order valence-electron chi connectivity index (χ1n) is 9.19. The molecule has 0 saturated heterocycles. The maximum atomic E-state index is 5.87. The predicted octanol–water partition coefficient (Wildman–Crippen LogP) is 5.17. The zero-order chi connectivity index (χ0) is 18.3. The molecule has 134 valence electrons. The van der Waals surface area contributed by atoms with E-state index in [2.05, 4.69) is 53.5 Å². The average molecular weight is 354 g/mol. The molecule has 3 heteroatoms. The molecule has 0 aliphatic rings. The highest BCUT2D eigenvalue weighted by Crippen LogP contribution is 2.18. The van der Waals surface area contributed by atoms with Gasteiger partial charge in [-0.25, -0.2) is 4.98 Å². The van der Waals surface area contributed by atoms with E-state index in [9.17, 15) is 0 Å². The Morgan fingerprint density at radius 1 is 0.667 bits per heavy atom. The Labute approximate surface area is 159 Å². The minimum atomic E-state index is 0.431. The molecule has 0 atom stereocenters. The summed E-state index contributed by atoms with van der Waals surface area (Å²) >= 11 is 0. The van der Waals surface area contributed by atoms with Crippen LogP contribution in [0, 0.1) is 0 Å². The third-order valence-corrected chi connectivity index (χ3v) is 4.47. The van der Waals surface area contributed by atoms with Gasteiger partial charge in [-0.2, -0.15) is 0 Å². The van der Waals surface area contributed by atoms with Gasteiger partial charge in [0.05, 0.1) is 5.69 Å². The maximum Gasteiger partial charge on any atom is 0.146 e. The average Bonchev–Trinajstić information content (AvgIpc) is 3.10. The monoisotopic (exact) mass is 354 g/mol. The zero-order valence-corrected chi connectivity index (χ0v) is 15.1. The lowest BCUT2D eigenvalue weighted by molar-refractivity contribution is 0.297. The van der Waals surface area contributed by atoms with Crippen molar-refractivity contribution in [1.29, 1.82) is 0 Å². The molecule has 27 heavy (non-hydrogen) atoms. The summed E-state index contributed by atoms with van der Waals surface area (Å²) in [6.45, 7) is 0.431. The zero-order valence-electron chi connectivity index (χ0n) is 15.1. The van der Waals surface area contributed by atoms with E-state index < -0.39 is 0 Å². The Morgan fingerprint density at radius 3 is 1.85 bits per heavy atom. The van der Waals surface area contributed by atoms with E-state index in [-0.39, 0.29) is 0 Å². The summed E-state index contributed by atoms with van der Waals surface area (Å²) in [5, 5.41) is 0. The lowest BCUT2D eigenvalue weighted by atomic mass is 10.0. The number of aromatic amines is 1. The van der Waals surface area contributed by atoms with Gasteiger partial charge in [-0.05, 0) is 23.3 Å². The molecule has 0 saturated carbocycles. The van der Waals surface area contributed by atoms with Gasteiger partial charge in [-0.1, -0.05) is 78.9 Å². The largest absolute Gasteiger partial charge is 0.486 e. The van der Waals surface area contributed by atoms with Crippen LogP contribution in [-0.4, -0.2) is 9.97 Å². The van der Waals surface area contributed by atoms with Gasteiger partial charge in [0, 0.05) is 18.5 Å². The number of ether oxygens (including phenoxy) is 1. The number of nitrogens with zero attached hydrogens (tertiary/aromatic N) is 1. The Balaban J connectivity index is 1.56. The van der Waals surface area contributed by atoms with Crippen LogP contribution in [0.2, 0.25) is 0 Å². The minimum Gasteiger partial charge on any atom is -0.486 e. The molecule has 0 amide bonds. The van der Waals surface area contributed by atoms with Gasteiger partial charge in [-0.3, -0.25) is 0 Å². The first-order valence-corrected chi connectivity index (χ1v) is 9.19. The van der Waals surface area contributed by atoms with Gasteiger partial charge in [0.15, 0.2) is 0 Å². The van der Waals surface area contributed by atoms with Crippen molar-refractivity contribution >= 4 is 0 Å². The van der Waals surface area contributed by atoms with Crippen LogP contribution in [0.15, 0.2) is 91.0 Å². The Bertz CT molecular complexity index is 904. The van der Waals surface area contributed by atoms with E-state index in [1.54, 1.807) is 0 Å². The number of hydrogen-bond acceptors (Lipinski definition) is 2. The van der Waals surface area contributed by atoms with E-state index in [4.69, 9.17) is 9.72 Å². The summed E-state index contributed by atoms with van der Waals surface area (Å²) in [6.07, 6.45) is 1.65. The number of aromatic nitrogens is 2. The number of H-pyrrole nitrogens is 1. The van der Waals surface area contributed by atoms with Crippen LogP contribution in [0.4, 0.5) is 0 Å². The molecular formula is C24H22N2O. The topological polar surface area (TPSA) is 37.9 Å². The third kappa shape index (κ3) is 4.64. The highest BCUT2D eigenvalue weighted by Gasteiger charge is 2.12. The molecule has 0 aliphatic heterocycles. The summed E-state index contributed by atoms with van der Waals surface area (Å²) < 4.78 is 5.87. The van der Waals surface area contributed by atoms with Gasteiger partial charge in [0.2, 0.25) is 0 Å². The van der Waals surface area contributed by atoms with Gasteiger partial charge in [0.1, 0.15) is 18.2 Å². The van der Waals surface area contributed by atoms with E-state index in [0.29, 0.717) is 6.61 Å². The second-order valence-corrected chi connectivity index (χ2v) is 6.54. The number of benzene rings is 3. The predicted molar refractivity (Wildman–Crippen MR) is 108 cm³/mol. The second kappa shape index (κ2) is 8.37. The number of imidazole rings is 1. The number of rotatable bonds is 7. The van der Waals surface area contributed by atoms with Crippen LogP contribution in [0.3, 0.4) is 0 Å². The Hall–Kier alpha value is -3.33. The molecular weight excluding hydrogens is 332 g/mol. The van der Waals surface area contributed by atoms with Gasteiger partial charge in [0.25, 0.3) is 0 Å². The highest BCUT2D eigenvalue weighted by molar-refractivity contribution is 5.30. The summed E-state index contributed by atoms with van der Waals surface area (Å²) in [6, 6.07) is 30.8. The summed E-state index contributed by atoms with van der Waals surface area (Å²) in [7, 11) is 0. The molecule has 1 N–H and O–H groups in total. The SMILES string of the molecule is c1ccc(Cc2nc(COc3ccccc3)[nH]c2Cc2ccccc2)cc1. The molecule has 4 aromatic rings. The van der Waals surface area contributed by atoms with Crippen molar-refractivity contribution in [3.05, 3.63) is 119 Å². The molecule has 0 unspecified atom stereocenters. The first-order chi connectivity index (χ1) is 13.4. The summed E-state index contributed by atoms with van der Waals surface area (Å²) in [5.74, 6) is 1.71. The molecule has 1 heterocycles. The smallest absolute Gasteiger partial charge is 0.146 e. The van der Waals surface area contributed by atoms with Gasteiger partial charge >= 0.3 is 0 Å². The lowest BCUT2D eigenvalue weighted by Gasteiger charge is -2.04. The molecule has 0 fully saturated rings. The van der Waals surface area contributed by atoms with Crippen molar-refractivity contribution in [3.8, 4) is 5.75 Å². The molecule has 0 spiro atoms. The fraction of sp³-hybridized carbons (Fsp3) is 0.125. The van der Waals surface area contributed by atoms with E-state index in [1.807, 2.05) is 42.5 Å². The molecule has 4 rings (SSSR count). The summed E-state index contributed by atoms with van der Waals surface area (Å²) in [4.78, 5) is 8.32. The van der Waals surface area contributed by atoms with Crippen molar-refractivity contribution in [3.63, 3.8) is 0 Å². The Morgan fingerprint density at radius 2 is 1.22 bits per heavy atom. The molecule has 1 aromatic heterocycles. The van der Waals surface area contributed by atoms with Crippen molar-refractivity contribution in [1.82, 2.24) is 9.97 Å². The number of nitrogens with one attached hydrogen (secondary N) is 1. The minimum absolute atomic E-state index is 0.431. The molecule has 0 bridgehead atoms. The van der Waals surface area contributed by atoms with E-state index >= 15 is 0 Å². The van der Waals surface area contributed by atoms with E-state index in [1.165, 1.54) is 11.1 Å². The van der Waals surface area contributed by atoms with Crippen LogP contribution >= 0.6 is 0 Å². The van der Waals surface area contributed by atoms with Crippen LogP contribution < -0.4 is 4.74 Å². The number of hydrogen-bond donors (Lipinski definition) is 1. The van der Waals surface area contributed by atoms with Crippen molar-refractivity contribution in [2.45, 2.75) is 19.4 Å². The standard InChI is InChI=1S/C24H22N2O/c1-4-10-19(11-5-1)16-22-23(17-20-12-6-2-7-13-20)26-24(25-22)18-27-21-14-8-3-9-15-21/h1-15H,16-18H2,(H,25,26). The second-order valence-electron chi connectivity index (χ2n) is 6.54. The summed E-state index contributed by atoms with van der Waals surface area (Å²) in [5.41, 5.74) is 4.76. The normalized spacial score (nSPS) is 10.7. The van der Waals surface area contributed by atoms with E-state index in [0.717, 1.165) is 35.8 Å².